The Labute approximate surface area is 181 Å². The van der Waals surface area contributed by atoms with Crippen LogP contribution in [0.4, 0.5) is 52.7 Å². The van der Waals surface area contributed by atoms with E-state index >= 15 is 0 Å². The van der Waals surface area contributed by atoms with E-state index in [1.165, 1.54) is 0 Å². The van der Waals surface area contributed by atoms with Crippen LogP contribution in [-0.2, 0) is 10.4 Å². The predicted octanol–water partition coefficient (Wildman–Crippen LogP) is 5.78. The van der Waals surface area contributed by atoms with Gasteiger partial charge in [-0.2, -0.15) is 52.7 Å². The molecular formula is C18H12F12O4. The van der Waals surface area contributed by atoms with Gasteiger partial charge in [-0.25, -0.2) is 0 Å². The minimum Gasteiger partial charge on any atom is -0.508 e. The van der Waals surface area contributed by atoms with Crippen molar-refractivity contribution in [2.45, 2.75) is 30.3 Å². The Morgan fingerprint density at radius 1 is 0.588 bits per heavy atom. The number of hydrogen-bond donors (Lipinski definition) is 3. The molecule has 0 radical (unpaired) electrons. The number of phenolic OH excluding ortho intramolecular Hbond substituents is 2. The quantitative estimate of drug-likeness (QED) is 0.417. The maximum atomic E-state index is 12.4. The SMILES string of the molecule is O=C(C(F)(F)F)C(F)(F)F.Oc1ccccc1.Oc1ccccc1C(O)(C(F)(F)F)C(F)(F)F. The summed E-state index contributed by atoms with van der Waals surface area (Å²) in [7, 11) is 0. The number of carbonyl (C=O) groups is 1. The third-order valence-corrected chi connectivity index (χ3v) is 3.39. The van der Waals surface area contributed by atoms with Gasteiger partial charge in [-0.1, -0.05) is 36.4 Å². The molecule has 0 saturated carbocycles. The molecule has 3 N–H and O–H groups in total. The standard InChI is InChI=1S/C9H6F6O2.C6H6O.C3F6O/c10-8(11,12)7(17,9(13,14)15)5-3-1-2-4-6(5)16;7-6-4-2-1-3-5-6;4-2(5,6)1(10)3(7,8)9/h1-4,16-17H;1-5,7H;. The fraction of sp³-hybridized carbons (Fsp3) is 0.278. The second-order valence-corrected chi connectivity index (χ2v) is 5.88. The number of para-hydroxylation sites is 2. The van der Waals surface area contributed by atoms with E-state index in [0.717, 1.165) is 12.1 Å². The van der Waals surface area contributed by atoms with Crippen LogP contribution in [0.25, 0.3) is 0 Å². The monoisotopic (exact) mass is 520 g/mol. The first-order valence-electron chi connectivity index (χ1n) is 8.13. The van der Waals surface area contributed by atoms with E-state index in [4.69, 9.17) is 15.3 Å². The van der Waals surface area contributed by atoms with Crippen molar-refractivity contribution in [3.8, 4) is 11.5 Å². The Balaban J connectivity index is 0.000000539. The van der Waals surface area contributed by atoms with Crippen LogP contribution in [0.1, 0.15) is 5.56 Å². The van der Waals surface area contributed by atoms with E-state index in [2.05, 4.69) is 0 Å². The summed E-state index contributed by atoms with van der Waals surface area (Å²) in [6, 6.07) is 11.6. The smallest absolute Gasteiger partial charge is 0.459 e. The molecule has 0 aliphatic rings. The predicted molar refractivity (Wildman–Crippen MR) is 89.3 cm³/mol. The fourth-order valence-corrected chi connectivity index (χ4v) is 1.83. The molecule has 0 aromatic heterocycles. The Morgan fingerprint density at radius 2 is 0.941 bits per heavy atom. The summed E-state index contributed by atoms with van der Waals surface area (Å²) in [4.78, 5) is 9.24. The van der Waals surface area contributed by atoms with Gasteiger partial charge in [-0.15, -0.1) is 0 Å². The van der Waals surface area contributed by atoms with Crippen LogP contribution in [0.2, 0.25) is 0 Å². The number of halogens is 12. The Bertz CT molecular complexity index is 886. The number of phenols is 2. The van der Waals surface area contributed by atoms with E-state index in [-0.39, 0.29) is 0 Å². The number of Topliss-reactive ketones (excluding diaryl/α,β-unsaturated/α-hetero) is 1. The molecule has 0 heterocycles. The Kier molecular flexibility index (Phi) is 9.83. The van der Waals surface area contributed by atoms with Crippen molar-refractivity contribution in [1.82, 2.24) is 0 Å². The van der Waals surface area contributed by atoms with Gasteiger partial charge in [0.05, 0.1) is 0 Å². The highest BCUT2D eigenvalue weighted by atomic mass is 19.4. The van der Waals surface area contributed by atoms with E-state index < -0.39 is 47.4 Å². The molecular weight excluding hydrogens is 508 g/mol. The van der Waals surface area contributed by atoms with Gasteiger partial charge in [0.1, 0.15) is 11.5 Å². The molecule has 16 heteroatoms. The van der Waals surface area contributed by atoms with Crippen molar-refractivity contribution in [2.75, 3.05) is 0 Å². The molecule has 2 rings (SSSR count). The van der Waals surface area contributed by atoms with E-state index in [9.17, 15) is 57.5 Å². The van der Waals surface area contributed by atoms with Crippen molar-refractivity contribution in [3.05, 3.63) is 60.2 Å². The second-order valence-electron chi connectivity index (χ2n) is 5.88. The highest BCUT2D eigenvalue weighted by Gasteiger charge is 2.72. The minimum absolute atomic E-state index is 0.322. The summed E-state index contributed by atoms with van der Waals surface area (Å²) in [5, 5.41) is 26.6. The van der Waals surface area contributed by atoms with Crippen LogP contribution in [0.15, 0.2) is 54.6 Å². The summed E-state index contributed by atoms with van der Waals surface area (Å²) in [6.45, 7) is 0. The fourth-order valence-electron chi connectivity index (χ4n) is 1.83. The summed E-state index contributed by atoms with van der Waals surface area (Å²) in [6.07, 6.45) is -23.6. The lowest BCUT2D eigenvalue weighted by molar-refractivity contribution is -0.376. The summed E-state index contributed by atoms with van der Waals surface area (Å²) < 4.78 is 140. The average Bonchev–Trinajstić information content (AvgIpc) is 2.65. The summed E-state index contributed by atoms with van der Waals surface area (Å²) >= 11 is 0. The lowest BCUT2D eigenvalue weighted by atomic mass is 9.91. The van der Waals surface area contributed by atoms with Gasteiger partial charge >= 0.3 is 30.5 Å². The van der Waals surface area contributed by atoms with Gasteiger partial charge in [-0.3, -0.25) is 4.79 Å². The van der Waals surface area contributed by atoms with Gasteiger partial charge in [0.15, 0.2) is 0 Å². The number of rotatable bonds is 1. The van der Waals surface area contributed by atoms with Crippen LogP contribution in [0, 0.1) is 0 Å². The van der Waals surface area contributed by atoms with Gasteiger partial charge < -0.3 is 15.3 Å². The highest BCUT2D eigenvalue weighted by molar-refractivity contribution is 5.89. The van der Waals surface area contributed by atoms with E-state index in [1.54, 1.807) is 24.3 Å². The highest BCUT2D eigenvalue weighted by Crippen LogP contribution is 2.52. The van der Waals surface area contributed by atoms with Crippen molar-refractivity contribution >= 4 is 5.78 Å². The number of ketones is 1. The van der Waals surface area contributed by atoms with Crippen LogP contribution >= 0.6 is 0 Å². The van der Waals surface area contributed by atoms with Crippen molar-refractivity contribution < 1.29 is 72.8 Å². The Hall–Kier alpha value is -3.17. The van der Waals surface area contributed by atoms with Gasteiger partial charge in [0, 0.05) is 5.56 Å². The number of aromatic hydroxyl groups is 2. The van der Waals surface area contributed by atoms with E-state index in [1.807, 2.05) is 6.07 Å². The van der Waals surface area contributed by atoms with Crippen LogP contribution in [0.3, 0.4) is 0 Å². The minimum atomic E-state index is -6.00. The molecule has 192 valence electrons. The molecule has 4 nitrogen and oxygen atoms in total. The first-order chi connectivity index (χ1) is 15.1. The second kappa shape index (κ2) is 10.8. The summed E-state index contributed by atoms with van der Waals surface area (Å²) in [5.41, 5.74) is -6.74. The molecule has 0 fully saturated rings. The molecule has 34 heavy (non-hydrogen) atoms. The number of aliphatic hydroxyl groups is 1. The first kappa shape index (κ1) is 30.8. The first-order valence-corrected chi connectivity index (χ1v) is 8.13. The van der Waals surface area contributed by atoms with Crippen LogP contribution < -0.4 is 0 Å². The lowest BCUT2D eigenvalue weighted by Gasteiger charge is -2.32. The molecule has 0 saturated heterocycles. The molecule has 0 aliphatic heterocycles. The molecule has 0 spiro atoms. The maximum Gasteiger partial charge on any atom is 0.459 e. The number of benzene rings is 2. The zero-order chi connectivity index (χ0) is 27.2. The van der Waals surface area contributed by atoms with E-state index in [0.29, 0.717) is 17.9 Å². The molecule has 0 amide bonds. The van der Waals surface area contributed by atoms with Crippen LogP contribution in [-0.4, -0.2) is 45.8 Å². The van der Waals surface area contributed by atoms with Gasteiger partial charge in [0.25, 0.3) is 5.60 Å². The number of carbonyl (C=O) groups excluding carboxylic acids is 1. The molecule has 2 aromatic carbocycles. The normalized spacial score (nSPS) is 12.6. The summed E-state index contributed by atoms with van der Waals surface area (Å²) in [5.74, 6) is -4.65. The Morgan fingerprint density at radius 3 is 1.18 bits per heavy atom. The molecule has 0 unspecified atom stereocenters. The number of alkyl halides is 12. The third kappa shape index (κ3) is 8.31. The van der Waals surface area contributed by atoms with Gasteiger partial charge in [0.2, 0.25) is 0 Å². The zero-order valence-corrected chi connectivity index (χ0v) is 16.0. The van der Waals surface area contributed by atoms with Crippen molar-refractivity contribution in [1.29, 1.82) is 0 Å². The van der Waals surface area contributed by atoms with Crippen LogP contribution in [0.5, 0.6) is 11.5 Å². The van der Waals surface area contributed by atoms with Crippen molar-refractivity contribution in [2.24, 2.45) is 0 Å². The third-order valence-electron chi connectivity index (χ3n) is 3.39. The average molecular weight is 520 g/mol. The number of hydrogen-bond acceptors (Lipinski definition) is 4. The molecule has 0 aliphatic carbocycles. The molecule has 2 aromatic rings. The maximum absolute atomic E-state index is 12.4. The zero-order valence-electron chi connectivity index (χ0n) is 16.0. The topological polar surface area (TPSA) is 77.8 Å². The largest absolute Gasteiger partial charge is 0.508 e. The molecule has 0 atom stereocenters. The molecule has 0 bridgehead atoms. The van der Waals surface area contributed by atoms with Gasteiger partial charge in [-0.05, 0) is 18.2 Å². The van der Waals surface area contributed by atoms with Crippen molar-refractivity contribution in [3.63, 3.8) is 0 Å². The lowest BCUT2D eigenvalue weighted by Crippen LogP contribution is -2.53.